The van der Waals surface area contributed by atoms with Gasteiger partial charge in [0.15, 0.2) is 0 Å². The summed E-state index contributed by atoms with van der Waals surface area (Å²) in [5.41, 5.74) is 3.31. The second-order valence-electron chi connectivity index (χ2n) is 6.61. The Kier molecular flexibility index (Phi) is 7.05. The fraction of sp³-hybridized carbons (Fsp3) is 0.130. The Morgan fingerprint density at radius 2 is 1.59 bits per heavy atom. The molecule has 3 aromatic rings. The molecule has 0 atom stereocenters. The van der Waals surface area contributed by atoms with Crippen molar-refractivity contribution in [1.29, 1.82) is 0 Å². The molecule has 3 aromatic carbocycles. The number of carbonyl (C=O) groups excluding carboxylic acids is 2. The van der Waals surface area contributed by atoms with E-state index in [4.69, 9.17) is 0 Å². The van der Waals surface area contributed by atoms with Gasteiger partial charge in [-0.25, -0.2) is 0 Å². The third kappa shape index (κ3) is 6.20. The van der Waals surface area contributed by atoms with Crippen molar-refractivity contribution < 1.29 is 9.59 Å². The summed E-state index contributed by atoms with van der Waals surface area (Å²) in [6.07, 6.45) is 0. The Hall–Kier alpha value is -3.09. The van der Waals surface area contributed by atoms with Crippen LogP contribution >= 0.6 is 11.9 Å². The third-order valence-electron chi connectivity index (χ3n) is 4.05. The van der Waals surface area contributed by atoms with Crippen LogP contribution in [0.5, 0.6) is 0 Å². The molecular weight excluding hydrogens is 382 g/mol. The number of rotatable bonds is 7. The normalized spacial score (nSPS) is 10.6. The van der Waals surface area contributed by atoms with Crippen LogP contribution in [0.15, 0.2) is 83.8 Å². The van der Waals surface area contributed by atoms with E-state index >= 15 is 0 Å². The lowest BCUT2D eigenvalue weighted by Crippen LogP contribution is -2.32. The molecule has 29 heavy (non-hydrogen) atoms. The van der Waals surface area contributed by atoms with Gasteiger partial charge < -0.3 is 10.6 Å². The second kappa shape index (κ2) is 9.91. The van der Waals surface area contributed by atoms with E-state index < -0.39 is 0 Å². The molecule has 0 heterocycles. The molecule has 0 aliphatic carbocycles. The number of benzene rings is 3. The molecule has 0 fully saturated rings. The van der Waals surface area contributed by atoms with Gasteiger partial charge in [-0.1, -0.05) is 48.5 Å². The molecule has 0 bridgehead atoms. The first-order valence-electron chi connectivity index (χ1n) is 9.20. The summed E-state index contributed by atoms with van der Waals surface area (Å²) in [6, 6.07) is 24.9. The van der Waals surface area contributed by atoms with Crippen molar-refractivity contribution in [2.75, 3.05) is 26.0 Å². The smallest absolute Gasteiger partial charge is 0.251 e. The largest absolute Gasteiger partial charge is 0.343 e. The zero-order valence-electron chi connectivity index (χ0n) is 16.4. The SMILES string of the molecule is CN(C)Sc1cccc(C(=O)NCC(=O)Nc2cccc(-c3ccccc3)c2)c1. The molecule has 0 spiro atoms. The van der Waals surface area contributed by atoms with E-state index in [1.54, 1.807) is 12.1 Å². The van der Waals surface area contributed by atoms with Gasteiger partial charge in [0.05, 0.1) is 6.54 Å². The lowest BCUT2D eigenvalue weighted by molar-refractivity contribution is -0.115. The highest BCUT2D eigenvalue weighted by molar-refractivity contribution is 7.97. The molecule has 2 amide bonds. The summed E-state index contributed by atoms with van der Waals surface area (Å²) in [5.74, 6) is -0.554. The fourth-order valence-corrected chi connectivity index (χ4v) is 3.52. The van der Waals surface area contributed by atoms with Gasteiger partial charge in [0, 0.05) is 16.1 Å². The summed E-state index contributed by atoms with van der Waals surface area (Å²) >= 11 is 1.53. The Morgan fingerprint density at radius 3 is 2.34 bits per heavy atom. The van der Waals surface area contributed by atoms with Crippen LogP contribution in [0.4, 0.5) is 5.69 Å². The van der Waals surface area contributed by atoms with Gasteiger partial charge in [-0.2, -0.15) is 0 Å². The topological polar surface area (TPSA) is 61.4 Å². The Labute approximate surface area is 175 Å². The molecule has 5 nitrogen and oxygen atoms in total. The van der Waals surface area contributed by atoms with Gasteiger partial charge in [-0.05, 0) is 67.5 Å². The maximum absolute atomic E-state index is 12.4. The van der Waals surface area contributed by atoms with Gasteiger partial charge in [0.1, 0.15) is 0 Å². The van der Waals surface area contributed by atoms with E-state index in [1.165, 1.54) is 11.9 Å². The molecule has 0 saturated heterocycles. The van der Waals surface area contributed by atoms with Crippen LogP contribution in [0, 0.1) is 0 Å². The zero-order valence-corrected chi connectivity index (χ0v) is 17.2. The van der Waals surface area contributed by atoms with Crippen LogP contribution in [0.2, 0.25) is 0 Å². The summed E-state index contributed by atoms with van der Waals surface area (Å²) < 4.78 is 1.95. The molecule has 148 valence electrons. The predicted octanol–water partition coefficient (Wildman–Crippen LogP) is 4.29. The van der Waals surface area contributed by atoms with Crippen molar-refractivity contribution in [3.05, 3.63) is 84.4 Å². The zero-order chi connectivity index (χ0) is 20.6. The Bertz CT molecular complexity index is 990. The average molecular weight is 406 g/mol. The van der Waals surface area contributed by atoms with E-state index in [0.29, 0.717) is 11.3 Å². The number of nitrogens with zero attached hydrogens (tertiary/aromatic N) is 1. The summed E-state index contributed by atoms with van der Waals surface area (Å²) in [6.45, 7) is -0.0978. The van der Waals surface area contributed by atoms with Crippen molar-refractivity contribution >= 4 is 29.4 Å². The molecule has 0 unspecified atom stereocenters. The predicted molar refractivity (Wildman–Crippen MR) is 119 cm³/mol. The lowest BCUT2D eigenvalue weighted by atomic mass is 10.1. The van der Waals surface area contributed by atoms with Gasteiger partial charge >= 0.3 is 0 Å². The summed E-state index contributed by atoms with van der Waals surface area (Å²) in [7, 11) is 3.88. The van der Waals surface area contributed by atoms with E-state index in [9.17, 15) is 9.59 Å². The van der Waals surface area contributed by atoms with Gasteiger partial charge in [-0.3, -0.25) is 13.9 Å². The highest BCUT2D eigenvalue weighted by Gasteiger charge is 2.10. The monoisotopic (exact) mass is 405 g/mol. The molecule has 0 saturated carbocycles. The molecule has 0 aromatic heterocycles. The van der Waals surface area contributed by atoms with Crippen molar-refractivity contribution in [2.45, 2.75) is 4.90 Å². The van der Waals surface area contributed by atoms with Crippen molar-refractivity contribution in [3.63, 3.8) is 0 Å². The maximum atomic E-state index is 12.4. The highest BCUT2D eigenvalue weighted by atomic mass is 32.2. The molecule has 0 radical (unpaired) electrons. The van der Waals surface area contributed by atoms with Crippen molar-refractivity contribution in [3.8, 4) is 11.1 Å². The molecule has 6 heteroatoms. The number of anilines is 1. The van der Waals surface area contributed by atoms with Crippen LogP contribution in [-0.2, 0) is 4.79 Å². The second-order valence-corrected chi connectivity index (χ2v) is 7.99. The number of nitrogens with one attached hydrogen (secondary N) is 2. The number of amides is 2. The Balaban J connectivity index is 1.57. The van der Waals surface area contributed by atoms with Crippen LogP contribution in [0.1, 0.15) is 10.4 Å². The van der Waals surface area contributed by atoms with E-state index in [-0.39, 0.29) is 18.4 Å². The quantitative estimate of drug-likeness (QED) is 0.576. The average Bonchev–Trinajstić information content (AvgIpc) is 2.72. The van der Waals surface area contributed by atoms with E-state index in [0.717, 1.165) is 16.0 Å². The van der Waals surface area contributed by atoms with E-state index in [1.807, 2.05) is 85.1 Å². The molecular formula is C23H23N3O2S. The van der Waals surface area contributed by atoms with Crippen LogP contribution in [0.25, 0.3) is 11.1 Å². The summed E-state index contributed by atoms with van der Waals surface area (Å²) in [5, 5.41) is 5.50. The first-order valence-corrected chi connectivity index (χ1v) is 9.97. The van der Waals surface area contributed by atoms with Crippen LogP contribution < -0.4 is 10.6 Å². The van der Waals surface area contributed by atoms with Crippen molar-refractivity contribution in [1.82, 2.24) is 9.62 Å². The Morgan fingerprint density at radius 1 is 0.862 bits per heavy atom. The first-order chi connectivity index (χ1) is 14.0. The standard InChI is InChI=1S/C23H23N3O2S/c1-26(2)29-21-13-7-11-19(15-21)23(28)24-16-22(27)25-20-12-6-10-18(14-20)17-8-4-3-5-9-17/h3-15H,16H2,1-2H3,(H,24,28)(H,25,27). The molecule has 0 aliphatic heterocycles. The van der Waals surface area contributed by atoms with Gasteiger partial charge in [0.25, 0.3) is 5.91 Å². The van der Waals surface area contributed by atoms with Gasteiger partial charge in [-0.15, -0.1) is 0 Å². The maximum Gasteiger partial charge on any atom is 0.251 e. The molecule has 2 N–H and O–H groups in total. The fourth-order valence-electron chi connectivity index (χ4n) is 2.78. The minimum Gasteiger partial charge on any atom is -0.343 e. The minimum absolute atomic E-state index is 0.0978. The third-order valence-corrected chi connectivity index (χ3v) is 4.88. The van der Waals surface area contributed by atoms with Crippen molar-refractivity contribution in [2.24, 2.45) is 0 Å². The first kappa shape index (κ1) is 20.6. The molecule has 3 rings (SSSR count). The minimum atomic E-state index is -0.278. The van der Waals surface area contributed by atoms with E-state index in [2.05, 4.69) is 10.6 Å². The van der Waals surface area contributed by atoms with Gasteiger partial charge in [0.2, 0.25) is 5.91 Å². The number of hydrogen-bond acceptors (Lipinski definition) is 4. The number of carbonyl (C=O) groups is 2. The molecule has 0 aliphatic rings. The number of hydrogen-bond donors (Lipinski definition) is 2. The van der Waals surface area contributed by atoms with Crippen LogP contribution in [-0.4, -0.2) is 36.8 Å². The summed E-state index contributed by atoms with van der Waals surface area (Å²) in [4.78, 5) is 25.6. The lowest BCUT2D eigenvalue weighted by Gasteiger charge is -2.11. The highest BCUT2D eigenvalue weighted by Crippen LogP contribution is 2.22. The van der Waals surface area contributed by atoms with Crippen LogP contribution in [0.3, 0.4) is 0 Å².